The average Bonchev–Trinajstić information content (AvgIpc) is 2.60. The predicted octanol–water partition coefficient (Wildman–Crippen LogP) is 1.15. The van der Waals surface area contributed by atoms with Gasteiger partial charge in [0.2, 0.25) is 0 Å². The zero-order chi connectivity index (χ0) is 10.3. The van der Waals surface area contributed by atoms with Crippen LogP contribution in [0.5, 0.6) is 0 Å². The van der Waals surface area contributed by atoms with Gasteiger partial charge in [-0.15, -0.1) is 10.2 Å². The molecule has 1 fully saturated rings. The smallest absolute Gasteiger partial charge is 0.160 e. The Labute approximate surface area is 88.1 Å². The summed E-state index contributed by atoms with van der Waals surface area (Å²) in [5.41, 5.74) is 7.07. The summed E-state index contributed by atoms with van der Waals surface area (Å²) >= 11 is 0. The highest BCUT2D eigenvalue weighted by molar-refractivity contribution is 5.37. The number of nitrogens with zero attached hydrogens (tertiary/aromatic N) is 3. The fourth-order valence-corrected chi connectivity index (χ4v) is 2.13. The van der Waals surface area contributed by atoms with Crippen molar-refractivity contribution in [1.29, 1.82) is 0 Å². The third kappa shape index (κ3) is 1.41. The van der Waals surface area contributed by atoms with Crippen LogP contribution in [-0.2, 0) is 6.42 Å². The molecule has 0 aromatic carbocycles. The monoisotopic (exact) mass is 202 g/mol. The Balaban J connectivity index is 1.97. The molecule has 0 amide bonds. The van der Waals surface area contributed by atoms with Crippen molar-refractivity contribution < 1.29 is 0 Å². The van der Waals surface area contributed by atoms with E-state index < -0.39 is 0 Å². The van der Waals surface area contributed by atoms with Crippen molar-refractivity contribution >= 4 is 5.65 Å². The first kappa shape index (κ1) is 8.85. The molecule has 1 aliphatic carbocycles. The van der Waals surface area contributed by atoms with Gasteiger partial charge in [0.15, 0.2) is 5.65 Å². The minimum atomic E-state index is -0.0290. The molecule has 3 rings (SSSR count). The maximum Gasteiger partial charge on any atom is 0.160 e. The number of nitrogens with two attached hydrogens (primary N) is 1. The van der Waals surface area contributed by atoms with Gasteiger partial charge in [-0.2, -0.15) is 0 Å². The van der Waals surface area contributed by atoms with Crippen LogP contribution in [0, 0.1) is 0 Å². The maximum absolute atomic E-state index is 6.20. The zero-order valence-electron chi connectivity index (χ0n) is 8.56. The number of aromatic nitrogens is 3. The van der Waals surface area contributed by atoms with E-state index in [1.54, 1.807) is 0 Å². The lowest BCUT2D eigenvalue weighted by Crippen LogP contribution is -2.48. The van der Waals surface area contributed by atoms with Gasteiger partial charge in [0.1, 0.15) is 5.82 Å². The molecule has 1 saturated carbocycles. The third-order valence-corrected chi connectivity index (χ3v) is 3.24. The molecule has 1 aliphatic rings. The van der Waals surface area contributed by atoms with E-state index in [1.165, 1.54) is 6.42 Å². The Morgan fingerprint density at radius 1 is 1.33 bits per heavy atom. The van der Waals surface area contributed by atoms with Gasteiger partial charge < -0.3 is 5.73 Å². The Morgan fingerprint density at radius 2 is 2.20 bits per heavy atom. The highest BCUT2D eigenvalue weighted by atomic mass is 15.2. The van der Waals surface area contributed by atoms with E-state index in [1.807, 2.05) is 28.8 Å². The summed E-state index contributed by atoms with van der Waals surface area (Å²) < 4.78 is 2.02. The Morgan fingerprint density at radius 3 is 2.93 bits per heavy atom. The van der Waals surface area contributed by atoms with Crippen molar-refractivity contribution in [2.75, 3.05) is 0 Å². The van der Waals surface area contributed by atoms with E-state index >= 15 is 0 Å². The van der Waals surface area contributed by atoms with E-state index in [-0.39, 0.29) is 5.54 Å². The zero-order valence-corrected chi connectivity index (χ0v) is 8.56. The maximum atomic E-state index is 6.20. The number of rotatable bonds is 2. The van der Waals surface area contributed by atoms with Crippen LogP contribution in [0.15, 0.2) is 24.4 Å². The van der Waals surface area contributed by atoms with Gasteiger partial charge >= 0.3 is 0 Å². The molecule has 0 saturated heterocycles. The lowest BCUT2D eigenvalue weighted by atomic mass is 9.75. The van der Waals surface area contributed by atoms with Crippen molar-refractivity contribution in [2.24, 2.45) is 5.73 Å². The molecule has 2 aromatic rings. The summed E-state index contributed by atoms with van der Waals surface area (Å²) in [6, 6.07) is 5.92. The van der Waals surface area contributed by atoms with Gasteiger partial charge in [-0.3, -0.25) is 4.40 Å². The lowest BCUT2D eigenvalue weighted by Gasteiger charge is -2.37. The summed E-state index contributed by atoms with van der Waals surface area (Å²) in [4.78, 5) is 0. The molecule has 2 heterocycles. The first-order valence-corrected chi connectivity index (χ1v) is 5.34. The molecule has 0 spiro atoms. The van der Waals surface area contributed by atoms with Crippen LogP contribution >= 0.6 is 0 Å². The van der Waals surface area contributed by atoms with E-state index in [2.05, 4.69) is 10.2 Å². The van der Waals surface area contributed by atoms with E-state index in [0.29, 0.717) is 0 Å². The van der Waals surface area contributed by atoms with Crippen molar-refractivity contribution in [3.05, 3.63) is 30.2 Å². The number of fused-ring (bicyclic) bond motifs is 1. The quantitative estimate of drug-likeness (QED) is 0.794. The van der Waals surface area contributed by atoms with Gasteiger partial charge in [-0.25, -0.2) is 0 Å². The predicted molar refractivity (Wildman–Crippen MR) is 57.5 cm³/mol. The average molecular weight is 202 g/mol. The Hall–Kier alpha value is -1.42. The molecule has 0 bridgehead atoms. The summed E-state index contributed by atoms with van der Waals surface area (Å²) in [5, 5.41) is 8.31. The number of pyridine rings is 1. The van der Waals surface area contributed by atoms with Crippen molar-refractivity contribution in [3.63, 3.8) is 0 Å². The molecule has 2 aromatic heterocycles. The highest BCUT2D eigenvalue weighted by Gasteiger charge is 2.33. The van der Waals surface area contributed by atoms with Crippen LogP contribution in [0.2, 0.25) is 0 Å². The molecule has 0 unspecified atom stereocenters. The third-order valence-electron chi connectivity index (χ3n) is 3.24. The highest BCUT2D eigenvalue weighted by Crippen LogP contribution is 2.31. The standard InChI is InChI=1S/C11H14N4/c12-11(5-3-6-11)8-10-14-13-9-4-1-2-7-15(9)10/h1-2,4,7H,3,5-6,8,12H2. The minimum absolute atomic E-state index is 0.0290. The SMILES string of the molecule is NC1(Cc2nnc3ccccn23)CCC1. The van der Waals surface area contributed by atoms with Crippen LogP contribution in [0.3, 0.4) is 0 Å². The molecule has 4 heteroatoms. The summed E-state index contributed by atoms with van der Waals surface area (Å²) in [7, 11) is 0. The van der Waals surface area contributed by atoms with Gasteiger partial charge in [0, 0.05) is 18.2 Å². The molecule has 2 N–H and O–H groups in total. The van der Waals surface area contributed by atoms with Crippen LogP contribution < -0.4 is 5.73 Å². The molecule has 4 nitrogen and oxygen atoms in total. The fourth-order valence-electron chi connectivity index (χ4n) is 2.13. The van der Waals surface area contributed by atoms with E-state index in [4.69, 9.17) is 5.73 Å². The normalized spacial score (nSPS) is 19.0. The molecule has 0 aliphatic heterocycles. The van der Waals surface area contributed by atoms with Crippen LogP contribution in [-0.4, -0.2) is 20.1 Å². The van der Waals surface area contributed by atoms with Gasteiger partial charge in [0.25, 0.3) is 0 Å². The number of hydrogen-bond donors (Lipinski definition) is 1. The molecule has 78 valence electrons. The second-order valence-corrected chi connectivity index (χ2v) is 4.44. The van der Waals surface area contributed by atoms with Crippen LogP contribution in [0.25, 0.3) is 5.65 Å². The molecular weight excluding hydrogens is 188 g/mol. The van der Waals surface area contributed by atoms with Gasteiger partial charge in [-0.05, 0) is 31.4 Å². The topological polar surface area (TPSA) is 56.2 Å². The largest absolute Gasteiger partial charge is 0.325 e. The number of hydrogen-bond acceptors (Lipinski definition) is 3. The van der Waals surface area contributed by atoms with E-state index in [9.17, 15) is 0 Å². The van der Waals surface area contributed by atoms with E-state index in [0.717, 1.165) is 30.7 Å². The second kappa shape index (κ2) is 3.03. The first-order chi connectivity index (χ1) is 7.27. The van der Waals surface area contributed by atoms with Crippen molar-refractivity contribution in [2.45, 2.75) is 31.2 Å². The van der Waals surface area contributed by atoms with Gasteiger partial charge in [0.05, 0.1) is 0 Å². The first-order valence-electron chi connectivity index (χ1n) is 5.34. The molecular formula is C11H14N4. The summed E-state index contributed by atoms with van der Waals surface area (Å²) in [5.74, 6) is 0.979. The van der Waals surface area contributed by atoms with Crippen molar-refractivity contribution in [3.8, 4) is 0 Å². The Kier molecular flexibility index (Phi) is 1.79. The summed E-state index contributed by atoms with van der Waals surface area (Å²) in [6.45, 7) is 0. The molecule has 15 heavy (non-hydrogen) atoms. The van der Waals surface area contributed by atoms with Gasteiger partial charge in [-0.1, -0.05) is 6.07 Å². The second-order valence-electron chi connectivity index (χ2n) is 4.44. The van der Waals surface area contributed by atoms with Crippen LogP contribution in [0.1, 0.15) is 25.1 Å². The summed E-state index contributed by atoms with van der Waals surface area (Å²) in [6.07, 6.45) is 6.28. The minimum Gasteiger partial charge on any atom is -0.325 e. The van der Waals surface area contributed by atoms with Crippen molar-refractivity contribution in [1.82, 2.24) is 14.6 Å². The Bertz CT molecular complexity index is 484. The van der Waals surface area contributed by atoms with Crippen LogP contribution in [0.4, 0.5) is 0 Å². The lowest BCUT2D eigenvalue weighted by molar-refractivity contribution is 0.243. The fraction of sp³-hybridized carbons (Fsp3) is 0.455. The molecule has 0 atom stereocenters. The molecule has 0 radical (unpaired) electrons.